The molecular weight excluding hydrogens is 490 g/mol. The lowest BCUT2D eigenvalue weighted by molar-refractivity contribution is 0.102. The maximum atomic E-state index is 14.5. The summed E-state index contributed by atoms with van der Waals surface area (Å²) in [4.78, 5) is 23.0. The average Bonchev–Trinajstić information content (AvgIpc) is 3.39. The highest BCUT2D eigenvalue weighted by molar-refractivity contribution is 7.91. The SMILES string of the molecule is CCS(=O)(=O)c1ncc(N(Cc2ccco2)Cc2ccccc2F)c(C(=O)Nc2ccc(F)cc2)n1. The van der Waals surface area contributed by atoms with E-state index in [4.69, 9.17) is 4.42 Å². The van der Waals surface area contributed by atoms with Gasteiger partial charge in [0.25, 0.3) is 5.91 Å². The molecule has 0 bridgehead atoms. The molecule has 2 aromatic carbocycles. The zero-order valence-corrected chi connectivity index (χ0v) is 20.0. The minimum Gasteiger partial charge on any atom is -0.467 e. The standard InChI is InChI=1S/C25H22F2N4O4S/c1-2-36(33,34)25-28-14-22(23(30-25)24(32)29-19-11-9-18(26)10-12-19)31(16-20-7-5-13-35-20)15-17-6-3-4-8-21(17)27/h3-14H,2,15-16H2,1H3,(H,29,32). The average molecular weight is 513 g/mol. The third-order valence-electron chi connectivity index (χ3n) is 5.31. The number of furan rings is 1. The third-order valence-corrected chi connectivity index (χ3v) is 6.82. The molecule has 0 unspecified atom stereocenters. The quantitative estimate of drug-likeness (QED) is 0.327. The molecule has 0 spiro atoms. The summed E-state index contributed by atoms with van der Waals surface area (Å²) in [5, 5.41) is 2.08. The van der Waals surface area contributed by atoms with Crippen LogP contribution in [-0.4, -0.2) is 30.0 Å². The maximum Gasteiger partial charge on any atom is 0.276 e. The maximum absolute atomic E-state index is 14.5. The summed E-state index contributed by atoms with van der Waals surface area (Å²) in [6, 6.07) is 14.6. The number of nitrogens with zero attached hydrogens (tertiary/aromatic N) is 3. The number of anilines is 2. The predicted octanol–water partition coefficient (Wildman–Crippen LogP) is 4.60. The highest BCUT2D eigenvalue weighted by atomic mass is 32.2. The minimum atomic E-state index is -3.84. The van der Waals surface area contributed by atoms with Gasteiger partial charge in [-0.3, -0.25) is 4.79 Å². The Kier molecular flexibility index (Phi) is 7.39. The van der Waals surface area contributed by atoms with Crippen molar-refractivity contribution in [2.45, 2.75) is 25.2 Å². The highest BCUT2D eigenvalue weighted by Crippen LogP contribution is 2.26. The van der Waals surface area contributed by atoms with Crippen LogP contribution in [0.2, 0.25) is 0 Å². The monoisotopic (exact) mass is 512 g/mol. The van der Waals surface area contributed by atoms with Crippen molar-refractivity contribution in [1.82, 2.24) is 9.97 Å². The number of carbonyl (C=O) groups excluding carboxylic acids is 1. The Morgan fingerprint density at radius 1 is 1.03 bits per heavy atom. The second-order valence-electron chi connectivity index (χ2n) is 7.78. The number of amides is 1. The number of hydrogen-bond donors (Lipinski definition) is 1. The first-order chi connectivity index (χ1) is 17.3. The third kappa shape index (κ3) is 5.74. The fourth-order valence-corrected chi connectivity index (χ4v) is 4.11. The van der Waals surface area contributed by atoms with Crippen LogP contribution in [0.4, 0.5) is 20.2 Å². The number of nitrogens with one attached hydrogen (secondary N) is 1. The van der Waals surface area contributed by atoms with Crippen molar-refractivity contribution in [2.75, 3.05) is 16.0 Å². The van der Waals surface area contributed by atoms with Crippen LogP contribution in [0, 0.1) is 11.6 Å². The Hall–Kier alpha value is -4.12. The van der Waals surface area contributed by atoms with E-state index in [2.05, 4.69) is 15.3 Å². The Bertz CT molecular complexity index is 1460. The normalized spacial score (nSPS) is 11.3. The van der Waals surface area contributed by atoms with Crippen molar-refractivity contribution >= 4 is 27.1 Å². The van der Waals surface area contributed by atoms with Crippen LogP contribution < -0.4 is 10.2 Å². The van der Waals surface area contributed by atoms with Gasteiger partial charge >= 0.3 is 0 Å². The number of sulfone groups is 1. The van der Waals surface area contributed by atoms with Gasteiger partial charge in [-0.25, -0.2) is 27.2 Å². The first-order valence-corrected chi connectivity index (χ1v) is 12.6. The fraction of sp³-hybridized carbons (Fsp3) is 0.160. The second-order valence-corrected chi connectivity index (χ2v) is 9.95. The van der Waals surface area contributed by atoms with Gasteiger partial charge in [0.15, 0.2) is 5.69 Å². The van der Waals surface area contributed by atoms with E-state index < -0.39 is 32.5 Å². The topological polar surface area (TPSA) is 105 Å². The van der Waals surface area contributed by atoms with Crippen molar-refractivity contribution in [3.8, 4) is 0 Å². The fourth-order valence-electron chi connectivity index (χ4n) is 3.41. The first-order valence-electron chi connectivity index (χ1n) is 10.9. The molecule has 0 atom stereocenters. The lowest BCUT2D eigenvalue weighted by Gasteiger charge is -2.25. The predicted molar refractivity (Wildman–Crippen MR) is 129 cm³/mol. The number of rotatable bonds is 9. The van der Waals surface area contributed by atoms with Crippen molar-refractivity contribution in [1.29, 1.82) is 0 Å². The van der Waals surface area contributed by atoms with Gasteiger partial charge in [-0.15, -0.1) is 0 Å². The van der Waals surface area contributed by atoms with E-state index in [-0.39, 0.29) is 35.9 Å². The van der Waals surface area contributed by atoms with E-state index in [0.29, 0.717) is 11.3 Å². The van der Waals surface area contributed by atoms with Crippen LogP contribution in [-0.2, 0) is 22.9 Å². The molecule has 4 rings (SSSR count). The Morgan fingerprint density at radius 2 is 1.78 bits per heavy atom. The van der Waals surface area contributed by atoms with Crippen molar-refractivity contribution in [2.24, 2.45) is 0 Å². The van der Waals surface area contributed by atoms with E-state index in [9.17, 15) is 22.0 Å². The molecule has 0 saturated heterocycles. The molecule has 4 aromatic rings. The summed E-state index contributed by atoms with van der Waals surface area (Å²) >= 11 is 0. The Labute approximate surface area is 206 Å². The van der Waals surface area contributed by atoms with Gasteiger partial charge in [0.05, 0.1) is 30.4 Å². The smallest absolute Gasteiger partial charge is 0.276 e. The van der Waals surface area contributed by atoms with Gasteiger partial charge in [0, 0.05) is 17.8 Å². The first kappa shape index (κ1) is 25.0. The Morgan fingerprint density at radius 3 is 2.44 bits per heavy atom. The molecular formula is C25H22F2N4O4S. The van der Waals surface area contributed by atoms with Crippen LogP contribution in [0.3, 0.4) is 0 Å². The largest absolute Gasteiger partial charge is 0.467 e. The lowest BCUT2D eigenvalue weighted by atomic mass is 10.1. The van der Waals surface area contributed by atoms with Crippen LogP contribution in [0.15, 0.2) is 82.7 Å². The van der Waals surface area contributed by atoms with Crippen LogP contribution in [0.25, 0.3) is 0 Å². The molecule has 1 N–H and O–H groups in total. The molecule has 0 aliphatic rings. The summed E-state index contributed by atoms with van der Waals surface area (Å²) < 4.78 is 58.2. The molecule has 2 heterocycles. The summed E-state index contributed by atoms with van der Waals surface area (Å²) in [5.41, 5.74) is 0.519. The van der Waals surface area contributed by atoms with E-state index in [0.717, 1.165) is 0 Å². The summed E-state index contributed by atoms with van der Waals surface area (Å²) in [6.45, 7) is 1.56. The molecule has 0 saturated carbocycles. The molecule has 1 amide bonds. The molecule has 0 aliphatic heterocycles. The molecule has 2 aromatic heterocycles. The molecule has 0 aliphatic carbocycles. The number of aromatic nitrogens is 2. The van der Waals surface area contributed by atoms with Gasteiger partial charge in [-0.2, -0.15) is 0 Å². The van der Waals surface area contributed by atoms with Crippen LogP contribution in [0.5, 0.6) is 0 Å². The van der Waals surface area contributed by atoms with Crippen molar-refractivity contribution in [3.63, 3.8) is 0 Å². The van der Waals surface area contributed by atoms with E-state index >= 15 is 0 Å². The van der Waals surface area contributed by atoms with Gasteiger partial charge in [-0.1, -0.05) is 25.1 Å². The zero-order valence-electron chi connectivity index (χ0n) is 19.2. The van der Waals surface area contributed by atoms with Gasteiger partial charge < -0.3 is 14.6 Å². The van der Waals surface area contributed by atoms with Crippen molar-refractivity contribution < 1.29 is 26.4 Å². The lowest BCUT2D eigenvalue weighted by Crippen LogP contribution is -2.28. The van der Waals surface area contributed by atoms with Crippen LogP contribution in [0.1, 0.15) is 28.7 Å². The van der Waals surface area contributed by atoms with Gasteiger partial charge in [-0.05, 0) is 42.5 Å². The molecule has 0 fully saturated rings. The van der Waals surface area contributed by atoms with E-state index in [1.807, 2.05) is 0 Å². The number of hydrogen-bond acceptors (Lipinski definition) is 7. The number of benzene rings is 2. The zero-order chi connectivity index (χ0) is 25.7. The van der Waals surface area contributed by atoms with E-state index in [1.165, 1.54) is 49.7 Å². The summed E-state index contributed by atoms with van der Waals surface area (Å²) in [7, 11) is -3.84. The second kappa shape index (κ2) is 10.6. The minimum absolute atomic E-state index is 0.00738. The summed E-state index contributed by atoms with van der Waals surface area (Å²) in [5.74, 6) is -1.44. The molecule has 0 radical (unpaired) electrons. The molecule has 36 heavy (non-hydrogen) atoms. The Balaban J connectivity index is 1.80. The number of halogens is 2. The van der Waals surface area contributed by atoms with E-state index in [1.54, 1.807) is 35.2 Å². The van der Waals surface area contributed by atoms with Crippen LogP contribution >= 0.6 is 0 Å². The highest BCUT2D eigenvalue weighted by Gasteiger charge is 2.25. The molecule has 11 heteroatoms. The molecule has 186 valence electrons. The number of carbonyl (C=O) groups is 1. The molecule has 8 nitrogen and oxygen atoms in total. The van der Waals surface area contributed by atoms with Gasteiger partial charge in [0.1, 0.15) is 17.4 Å². The summed E-state index contributed by atoms with van der Waals surface area (Å²) in [6.07, 6.45) is 2.70. The van der Waals surface area contributed by atoms with Crippen molar-refractivity contribution in [3.05, 3.63) is 102 Å². The van der Waals surface area contributed by atoms with Gasteiger partial charge in [0.2, 0.25) is 15.0 Å².